The Kier molecular flexibility index (Phi) is 7.07. The van der Waals surface area contributed by atoms with E-state index >= 15 is 0 Å². The number of ether oxygens (including phenoxy) is 1. The van der Waals surface area contributed by atoms with Gasteiger partial charge in [0.05, 0.1) is 13.2 Å². The number of phosphoric acid groups is 1. The van der Waals surface area contributed by atoms with Gasteiger partial charge in [-0.15, -0.1) is 11.3 Å². The lowest BCUT2D eigenvalue weighted by atomic mass is 9.53. The minimum Gasteiger partial charge on any atom is -0.497 e. The van der Waals surface area contributed by atoms with E-state index in [0.717, 1.165) is 36.3 Å². The van der Waals surface area contributed by atoms with Crippen molar-refractivity contribution in [3.8, 4) is 5.75 Å². The number of nitrogens with zero attached hydrogens (tertiary/aromatic N) is 1. The van der Waals surface area contributed by atoms with Crippen LogP contribution in [0.2, 0.25) is 0 Å². The van der Waals surface area contributed by atoms with Gasteiger partial charge in [0.15, 0.2) is 5.13 Å². The minimum atomic E-state index is -4.63. The lowest BCUT2D eigenvalue weighted by Crippen LogP contribution is -2.45. The molecule has 2 saturated carbocycles. The highest BCUT2D eigenvalue weighted by Crippen LogP contribution is 2.65. The van der Waals surface area contributed by atoms with Gasteiger partial charge < -0.3 is 19.8 Å². The SMILES string of the molecule is COc1ccc2c(c1)CCC1C2CC[C@@]2(C)C1[C@H](CCC(=O)Nc1ncc(C)s1)C[C@@H]2OP(=O)(O)O. The number of thiazole rings is 1. The van der Waals surface area contributed by atoms with Crippen LogP contribution in [0.3, 0.4) is 0 Å². The highest BCUT2D eigenvalue weighted by Gasteiger charge is 2.60. The van der Waals surface area contributed by atoms with Gasteiger partial charge in [-0.05, 0) is 97.8 Å². The van der Waals surface area contributed by atoms with Gasteiger partial charge in [-0.1, -0.05) is 13.0 Å². The van der Waals surface area contributed by atoms with E-state index in [2.05, 4.69) is 29.4 Å². The molecule has 0 bridgehead atoms. The van der Waals surface area contributed by atoms with Gasteiger partial charge in [0.1, 0.15) is 5.75 Å². The van der Waals surface area contributed by atoms with Gasteiger partial charge in [0, 0.05) is 17.5 Å². The van der Waals surface area contributed by atoms with E-state index in [1.54, 1.807) is 13.3 Å². The average molecular weight is 535 g/mol. The molecule has 36 heavy (non-hydrogen) atoms. The van der Waals surface area contributed by atoms with Crippen molar-refractivity contribution in [1.82, 2.24) is 4.98 Å². The predicted octanol–water partition coefficient (Wildman–Crippen LogP) is 5.44. The Hall–Kier alpha value is -1.77. The molecule has 196 valence electrons. The lowest BCUT2D eigenvalue weighted by molar-refractivity contribution is -0.116. The molecule has 8 nitrogen and oxygen atoms in total. The van der Waals surface area contributed by atoms with Crippen LogP contribution < -0.4 is 10.1 Å². The normalized spacial score (nSPS) is 31.3. The van der Waals surface area contributed by atoms with Gasteiger partial charge in [-0.25, -0.2) is 9.55 Å². The van der Waals surface area contributed by atoms with Crippen molar-refractivity contribution in [2.45, 2.75) is 70.8 Å². The van der Waals surface area contributed by atoms with Crippen molar-refractivity contribution in [3.63, 3.8) is 0 Å². The second-order valence-electron chi connectivity index (χ2n) is 10.9. The first kappa shape index (κ1) is 25.9. The Morgan fingerprint density at radius 1 is 1.33 bits per heavy atom. The molecular weight excluding hydrogens is 499 g/mol. The second-order valence-corrected chi connectivity index (χ2v) is 13.3. The molecule has 1 heterocycles. The fraction of sp³-hybridized carbons (Fsp3) is 0.615. The fourth-order valence-corrected chi connectivity index (χ4v) is 8.79. The van der Waals surface area contributed by atoms with Crippen molar-refractivity contribution in [1.29, 1.82) is 0 Å². The zero-order valence-electron chi connectivity index (χ0n) is 21.0. The van der Waals surface area contributed by atoms with Crippen molar-refractivity contribution in [2.24, 2.45) is 23.2 Å². The number of phosphoric ester groups is 1. The first-order valence-electron chi connectivity index (χ1n) is 12.7. The number of methoxy groups -OCH3 is 1. The van der Waals surface area contributed by atoms with E-state index in [-0.39, 0.29) is 23.2 Å². The van der Waals surface area contributed by atoms with E-state index < -0.39 is 13.9 Å². The third kappa shape index (κ3) is 5.01. The summed E-state index contributed by atoms with van der Waals surface area (Å²) in [5, 5.41) is 3.50. The van der Waals surface area contributed by atoms with E-state index in [9.17, 15) is 19.1 Å². The summed E-state index contributed by atoms with van der Waals surface area (Å²) >= 11 is 1.45. The van der Waals surface area contributed by atoms with E-state index in [1.165, 1.54) is 22.5 Å². The van der Waals surface area contributed by atoms with Crippen molar-refractivity contribution >= 4 is 30.2 Å². The van der Waals surface area contributed by atoms with E-state index in [0.29, 0.717) is 36.2 Å². The summed E-state index contributed by atoms with van der Waals surface area (Å²) in [6, 6.07) is 6.38. The zero-order valence-corrected chi connectivity index (χ0v) is 22.7. The number of benzene rings is 1. The zero-order chi connectivity index (χ0) is 25.7. The van der Waals surface area contributed by atoms with Gasteiger partial charge >= 0.3 is 7.82 Å². The molecule has 1 aromatic carbocycles. The highest BCUT2D eigenvalue weighted by molar-refractivity contribution is 7.46. The molecule has 6 atom stereocenters. The molecule has 3 aliphatic rings. The van der Waals surface area contributed by atoms with Crippen LogP contribution in [0.15, 0.2) is 24.4 Å². The summed E-state index contributed by atoms with van der Waals surface area (Å²) in [6.07, 6.45) is 6.59. The number of anilines is 1. The largest absolute Gasteiger partial charge is 0.497 e. The molecule has 0 aliphatic heterocycles. The predicted molar refractivity (Wildman–Crippen MR) is 138 cm³/mol. The maximum atomic E-state index is 12.7. The van der Waals surface area contributed by atoms with Gasteiger partial charge in [0.25, 0.3) is 0 Å². The molecule has 10 heteroatoms. The van der Waals surface area contributed by atoms with Crippen LogP contribution in [-0.4, -0.2) is 33.9 Å². The van der Waals surface area contributed by atoms with E-state index in [1.807, 2.05) is 13.0 Å². The molecule has 3 aliphatic carbocycles. The minimum absolute atomic E-state index is 0.0705. The van der Waals surface area contributed by atoms with Crippen LogP contribution in [0, 0.1) is 30.1 Å². The highest BCUT2D eigenvalue weighted by atomic mass is 32.1. The van der Waals surface area contributed by atoms with Gasteiger partial charge in [-0.2, -0.15) is 0 Å². The quantitative estimate of drug-likeness (QED) is 0.405. The second kappa shape index (κ2) is 9.84. The van der Waals surface area contributed by atoms with Crippen LogP contribution in [0.25, 0.3) is 0 Å². The van der Waals surface area contributed by atoms with Crippen LogP contribution >= 0.6 is 19.2 Å². The first-order chi connectivity index (χ1) is 17.1. The molecule has 3 N–H and O–H groups in total. The van der Waals surface area contributed by atoms with Crippen molar-refractivity contribution < 1.29 is 28.4 Å². The molecule has 0 saturated heterocycles. The molecule has 0 radical (unpaired) electrons. The summed E-state index contributed by atoms with van der Waals surface area (Å²) in [5.74, 6) is 1.99. The van der Waals surface area contributed by atoms with Crippen LogP contribution in [-0.2, 0) is 20.3 Å². The summed E-state index contributed by atoms with van der Waals surface area (Å²) < 4.78 is 22.8. The molecule has 2 fully saturated rings. The molecule has 1 aromatic heterocycles. The Bertz CT molecular complexity index is 1180. The monoisotopic (exact) mass is 534 g/mol. The molecule has 3 unspecified atom stereocenters. The van der Waals surface area contributed by atoms with Crippen LogP contribution in [0.5, 0.6) is 5.75 Å². The maximum Gasteiger partial charge on any atom is 0.469 e. The summed E-state index contributed by atoms with van der Waals surface area (Å²) in [4.78, 5) is 37.3. The van der Waals surface area contributed by atoms with Crippen molar-refractivity contribution in [2.75, 3.05) is 12.4 Å². The first-order valence-corrected chi connectivity index (χ1v) is 15.0. The fourth-order valence-electron chi connectivity index (χ4n) is 7.45. The lowest BCUT2D eigenvalue weighted by Gasteiger charge is -2.52. The smallest absolute Gasteiger partial charge is 0.469 e. The number of amides is 1. The standard InChI is InChI=1S/C26H35N2O6PS/c1-15-14-27-25(36-15)28-23(29)9-5-17-13-22(34-35(30,31)32)26(2)11-10-20-19-8-6-18(33-3)12-16(19)4-7-21(20)24(17)26/h6,8,12,14,17,20-22,24H,4-5,7,9-11,13H2,1-3H3,(H,27,28,29)(H2,30,31,32)/t17-,20?,21?,22+,24?,26-/m1/s1. The molecule has 1 amide bonds. The molecular formula is C26H35N2O6PS. The number of aromatic nitrogens is 1. The van der Waals surface area contributed by atoms with Gasteiger partial charge in [0.2, 0.25) is 5.91 Å². The Morgan fingerprint density at radius 2 is 2.14 bits per heavy atom. The molecule has 0 spiro atoms. The van der Waals surface area contributed by atoms with E-state index in [4.69, 9.17) is 9.26 Å². The number of carbonyl (C=O) groups excluding carboxylic acids is 1. The summed E-state index contributed by atoms with van der Waals surface area (Å²) in [7, 11) is -2.94. The summed E-state index contributed by atoms with van der Waals surface area (Å²) in [6.45, 7) is 4.10. The maximum absolute atomic E-state index is 12.7. The van der Waals surface area contributed by atoms with Gasteiger partial charge in [-0.3, -0.25) is 9.32 Å². The van der Waals surface area contributed by atoms with Crippen molar-refractivity contribution in [3.05, 3.63) is 40.4 Å². The molecule has 5 rings (SSSR count). The van der Waals surface area contributed by atoms with Crippen LogP contribution in [0.4, 0.5) is 5.13 Å². The number of nitrogens with one attached hydrogen (secondary N) is 1. The van der Waals surface area contributed by atoms with Crippen LogP contribution in [0.1, 0.15) is 67.4 Å². The number of aryl methyl sites for hydroxylation is 2. The Morgan fingerprint density at radius 3 is 2.83 bits per heavy atom. The average Bonchev–Trinajstić information content (AvgIpc) is 3.35. The number of fused-ring (bicyclic) bond motifs is 5. The molecule has 2 aromatic rings. The Labute approximate surface area is 216 Å². The number of rotatable bonds is 7. The number of hydrogen-bond donors (Lipinski definition) is 3. The number of hydrogen-bond acceptors (Lipinski definition) is 6. The number of carbonyl (C=O) groups is 1. The summed E-state index contributed by atoms with van der Waals surface area (Å²) in [5.41, 5.74) is 2.39. The third-order valence-corrected chi connectivity index (χ3v) is 10.2. The Balaban J connectivity index is 1.38. The third-order valence-electron chi connectivity index (χ3n) is 8.86. The topological polar surface area (TPSA) is 118 Å².